The van der Waals surface area contributed by atoms with Gasteiger partial charge in [0.25, 0.3) is 0 Å². The topological polar surface area (TPSA) is 18.5 Å². The molecule has 1 unspecified atom stereocenters. The third-order valence-electron chi connectivity index (χ3n) is 2.38. The monoisotopic (exact) mass is 234 g/mol. The Morgan fingerprint density at radius 2 is 1.88 bits per heavy atom. The van der Waals surface area contributed by atoms with Gasteiger partial charge in [0, 0.05) is 0 Å². The van der Waals surface area contributed by atoms with E-state index in [2.05, 4.69) is 13.0 Å². The van der Waals surface area contributed by atoms with Gasteiger partial charge in [-0.25, -0.2) is 0 Å². The summed E-state index contributed by atoms with van der Waals surface area (Å²) < 4.78 is 11.1. The van der Waals surface area contributed by atoms with E-state index < -0.39 is 0 Å². The van der Waals surface area contributed by atoms with Crippen molar-refractivity contribution in [2.24, 2.45) is 0 Å². The Hall–Kier alpha value is -1.12. The summed E-state index contributed by atoms with van der Waals surface area (Å²) in [6.07, 6.45) is 6.32. The van der Waals surface area contributed by atoms with E-state index in [1.807, 2.05) is 43.3 Å². The van der Waals surface area contributed by atoms with Crippen LogP contribution >= 0.6 is 0 Å². The molecule has 0 aliphatic rings. The van der Waals surface area contributed by atoms with E-state index >= 15 is 0 Å². The van der Waals surface area contributed by atoms with Gasteiger partial charge in [-0.1, -0.05) is 55.8 Å². The first kappa shape index (κ1) is 13.9. The number of hydrogen-bond acceptors (Lipinski definition) is 2. The van der Waals surface area contributed by atoms with Crippen LogP contribution in [0.15, 0.2) is 42.5 Å². The SMILES string of the molecule is CCC/C=C/COC(C)OCc1ccccc1. The van der Waals surface area contributed by atoms with Gasteiger partial charge in [0.1, 0.15) is 0 Å². The predicted octanol–water partition coefficient (Wildman–Crippen LogP) is 3.92. The maximum absolute atomic E-state index is 5.58. The number of allylic oxidation sites excluding steroid dienone is 1. The first-order chi connectivity index (χ1) is 8.33. The maximum atomic E-state index is 5.58. The second kappa shape index (κ2) is 8.97. The molecule has 0 fully saturated rings. The molecule has 1 rings (SSSR count). The van der Waals surface area contributed by atoms with Gasteiger partial charge in [0.05, 0.1) is 13.2 Å². The van der Waals surface area contributed by atoms with Gasteiger partial charge >= 0.3 is 0 Å². The predicted molar refractivity (Wildman–Crippen MR) is 70.7 cm³/mol. The van der Waals surface area contributed by atoms with E-state index in [4.69, 9.17) is 9.47 Å². The Bertz CT molecular complexity index is 306. The largest absolute Gasteiger partial charge is 0.349 e. The Balaban J connectivity index is 2.11. The van der Waals surface area contributed by atoms with Crippen LogP contribution < -0.4 is 0 Å². The fourth-order valence-corrected chi connectivity index (χ4v) is 1.38. The number of benzene rings is 1. The minimum Gasteiger partial charge on any atom is -0.349 e. The normalized spacial score (nSPS) is 13.1. The van der Waals surface area contributed by atoms with Crippen molar-refractivity contribution in [3.8, 4) is 0 Å². The molecule has 0 aliphatic carbocycles. The first-order valence-electron chi connectivity index (χ1n) is 6.25. The lowest BCUT2D eigenvalue weighted by molar-refractivity contribution is -0.130. The van der Waals surface area contributed by atoms with Gasteiger partial charge in [0.15, 0.2) is 6.29 Å². The molecule has 94 valence electrons. The summed E-state index contributed by atoms with van der Waals surface area (Å²) in [6.45, 7) is 5.31. The van der Waals surface area contributed by atoms with Crippen LogP contribution in [0.25, 0.3) is 0 Å². The maximum Gasteiger partial charge on any atom is 0.155 e. The number of rotatable bonds is 8. The van der Waals surface area contributed by atoms with E-state index in [0.29, 0.717) is 13.2 Å². The lowest BCUT2D eigenvalue weighted by Gasteiger charge is -2.12. The zero-order chi connectivity index (χ0) is 12.3. The highest BCUT2D eigenvalue weighted by atomic mass is 16.7. The van der Waals surface area contributed by atoms with Crippen LogP contribution in [0.2, 0.25) is 0 Å². The number of hydrogen-bond donors (Lipinski definition) is 0. The third kappa shape index (κ3) is 6.93. The zero-order valence-corrected chi connectivity index (χ0v) is 10.8. The summed E-state index contributed by atoms with van der Waals surface area (Å²) in [5.41, 5.74) is 1.17. The first-order valence-corrected chi connectivity index (χ1v) is 6.25. The van der Waals surface area contributed by atoms with Crippen molar-refractivity contribution >= 4 is 0 Å². The van der Waals surface area contributed by atoms with E-state index in [9.17, 15) is 0 Å². The highest BCUT2D eigenvalue weighted by Crippen LogP contribution is 2.04. The smallest absolute Gasteiger partial charge is 0.155 e. The molecule has 0 N–H and O–H groups in total. The Morgan fingerprint density at radius 1 is 1.12 bits per heavy atom. The van der Waals surface area contributed by atoms with Crippen LogP contribution in [-0.4, -0.2) is 12.9 Å². The Kier molecular flexibility index (Phi) is 7.35. The summed E-state index contributed by atoms with van der Waals surface area (Å²) in [7, 11) is 0. The van der Waals surface area contributed by atoms with Crippen LogP contribution in [0, 0.1) is 0 Å². The molecule has 17 heavy (non-hydrogen) atoms. The van der Waals surface area contributed by atoms with Crippen LogP contribution in [0.5, 0.6) is 0 Å². The fraction of sp³-hybridized carbons (Fsp3) is 0.467. The van der Waals surface area contributed by atoms with Crippen LogP contribution in [0.1, 0.15) is 32.3 Å². The second-order valence-electron chi connectivity index (χ2n) is 3.96. The fourth-order valence-electron chi connectivity index (χ4n) is 1.38. The summed E-state index contributed by atoms with van der Waals surface area (Å²) in [6, 6.07) is 10.1. The van der Waals surface area contributed by atoms with Gasteiger partial charge < -0.3 is 9.47 Å². The molecule has 1 aromatic rings. The highest BCUT2D eigenvalue weighted by molar-refractivity contribution is 5.13. The molecule has 0 amide bonds. The van der Waals surface area contributed by atoms with Gasteiger partial charge in [-0.15, -0.1) is 0 Å². The molecule has 0 saturated carbocycles. The van der Waals surface area contributed by atoms with E-state index in [1.165, 1.54) is 12.0 Å². The van der Waals surface area contributed by atoms with E-state index in [-0.39, 0.29) is 6.29 Å². The lowest BCUT2D eigenvalue weighted by Crippen LogP contribution is -2.12. The molecule has 0 spiro atoms. The molecule has 0 aliphatic heterocycles. The number of unbranched alkanes of at least 4 members (excludes halogenated alkanes) is 1. The molecule has 0 saturated heterocycles. The van der Waals surface area contributed by atoms with Crippen LogP contribution in [-0.2, 0) is 16.1 Å². The molecule has 1 atom stereocenters. The van der Waals surface area contributed by atoms with Crippen molar-refractivity contribution in [1.82, 2.24) is 0 Å². The number of ether oxygens (including phenoxy) is 2. The van der Waals surface area contributed by atoms with Gasteiger partial charge in [0.2, 0.25) is 0 Å². The summed E-state index contributed by atoms with van der Waals surface area (Å²) >= 11 is 0. The van der Waals surface area contributed by atoms with Crippen molar-refractivity contribution < 1.29 is 9.47 Å². The quantitative estimate of drug-likeness (QED) is 0.501. The minimum atomic E-state index is -0.165. The highest BCUT2D eigenvalue weighted by Gasteiger charge is 2.00. The average molecular weight is 234 g/mol. The average Bonchev–Trinajstić information content (AvgIpc) is 2.37. The molecular formula is C15H22O2. The minimum absolute atomic E-state index is 0.165. The van der Waals surface area contributed by atoms with Crippen LogP contribution in [0.3, 0.4) is 0 Å². The van der Waals surface area contributed by atoms with Crippen molar-refractivity contribution in [2.75, 3.05) is 6.61 Å². The van der Waals surface area contributed by atoms with E-state index in [0.717, 1.165) is 6.42 Å². The summed E-state index contributed by atoms with van der Waals surface area (Å²) in [5, 5.41) is 0. The molecule has 2 nitrogen and oxygen atoms in total. The molecule has 0 bridgehead atoms. The van der Waals surface area contributed by atoms with Crippen molar-refractivity contribution in [3.05, 3.63) is 48.0 Å². The molecule has 2 heteroatoms. The van der Waals surface area contributed by atoms with Crippen molar-refractivity contribution in [3.63, 3.8) is 0 Å². The zero-order valence-electron chi connectivity index (χ0n) is 10.8. The molecule has 0 heterocycles. The van der Waals surface area contributed by atoms with Gasteiger partial charge in [-0.2, -0.15) is 0 Å². The molecule has 0 aromatic heterocycles. The van der Waals surface area contributed by atoms with Crippen molar-refractivity contribution in [1.29, 1.82) is 0 Å². The Labute approximate surface area is 104 Å². The van der Waals surface area contributed by atoms with Crippen molar-refractivity contribution in [2.45, 2.75) is 39.6 Å². The summed E-state index contributed by atoms with van der Waals surface area (Å²) in [4.78, 5) is 0. The Morgan fingerprint density at radius 3 is 2.59 bits per heavy atom. The van der Waals surface area contributed by atoms with Gasteiger partial charge in [-0.3, -0.25) is 0 Å². The second-order valence-corrected chi connectivity index (χ2v) is 3.96. The molecule has 1 aromatic carbocycles. The third-order valence-corrected chi connectivity index (χ3v) is 2.38. The standard InChI is InChI=1S/C15H22O2/c1-3-4-5-9-12-16-14(2)17-13-15-10-7-6-8-11-15/h5-11,14H,3-4,12-13H2,1-2H3/b9-5+. The van der Waals surface area contributed by atoms with Crippen LogP contribution in [0.4, 0.5) is 0 Å². The molecular weight excluding hydrogens is 212 g/mol. The van der Waals surface area contributed by atoms with E-state index in [1.54, 1.807) is 0 Å². The molecule has 0 radical (unpaired) electrons. The summed E-state index contributed by atoms with van der Waals surface area (Å²) in [5.74, 6) is 0. The lowest BCUT2D eigenvalue weighted by atomic mass is 10.2. The van der Waals surface area contributed by atoms with Gasteiger partial charge in [-0.05, 0) is 18.9 Å².